The molecule has 1 saturated heterocycles. The Morgan fingerprint density at radius 3 is 2.50 bits per heavy atom. The van der Waals surface area contributed by atoms with Gasteiger partial charge in [0, 0.05) is 42.4 Å². The van der Waals surface area contributed by atoms with Crippen molar-refractivity contribution in [1.29, 1.82) is 0 Å². The van der Waals surface area contributed by atoms with Crippen molar-refractivity contribution in [1.82, 2.24) is 20.4 Å². The molecule has 142 valence electrons. The summed E-state index contributed by atoms with van der Waals surface area (Å²) in [5, 5.41) is 10.1. The predicted molar refractivity (Wildman–Crippen MR) is 98.4 cm³/mol. The summed E-state index contributed by atoms with van der Waals surface area (Å²) in [6.07, 6.45) is 4.56. The van der Waals surface area contributed by atoms with Gasteiger partial charge in [-0.25, -0.2) is 0 Å². The van der Waals surface area contributed by atoms with E-state index >= 15 is 0 Å². The molecule has 6 heteroatoms. The minimum absolute atomic E-state index is 0.0450. The third-order valence-electron chi connectivity index (χ3n) is 6.84. The number of carbonyl (C=O) groups excluding carboxylic acids is 2. The number of likely N-dealkylation sites (tertiary alicyclic amines) is 1. The molecule has 0 radical (unpaired) electrons. The van der Waals surface area contributed by atoms with Crippen molar-refractivity contribution in [2.45, 2.75) is 53.0 Å². The summed E-state index contributed by atoms with van der Waals surface area (Å²) in [6.45, 7) is 10.3. The van der Waals surface area contributed by atoms with E-state index in [1.807, 2.05) is 11.8 Å². The Kier molecular flexibility index (Phi) is 4.12. The third-order valence-corrected chi connectivity index (χ3v) is 6.84. The van der Waals surface area contributed by atoms with Crippen molar-refractivity contribution in [3.05, 3.63) is 17.5 Å². The van der Waals surface area contributed by atoms with E-state index in [9.17, 15) is 9.59 Å². The van der Waals surface area contributed by atoms with E-state index in [-0.39, 0.29) is 23.8 Å². The Balaban J connectivity index is 1.25. The van der Waals surface area contributed by atoms with Crippen molar-refractivity contribution in [2.24, 2.45) is 29.1 Å². The molecule has 4 rings (SSSR count). The maximum Gasteiger partial charge on any atom is 0.272 e. The molecule has 3 fully saturated rings. The standard InChI is InChI=1S/C20H30N4O2/c1-5-11-8-21-23-16(11)19(26)24-9-14-15(10-24)17(14)22-18(25)12-6-13(7-12)20(2,3)4/h8,12-15,17H,5-7,9-10H2,1-4H3,(H,21,23)(H,22,25)/t12?,13?,14-,15+,17?. The highest BCUT2D eigenvalue weighted by Gasteiger charge is 2.58. The minimum atomic E-state index is 0.0450. The Bertz CT molecular complexity index is 702. The van der Waals surface area contributed by atoms with E-state index in [2.05, 4.69) is 36.3 Å². The first-order chi connectivity index (χ1) is 12.3. The first-order valence-electron chi connectivity index (χ1n) is 9.91. The normalized spacial score (nSPS) is 32.8. The molecule has 0 aromatic carbocycles. The number of hydrogen-bond acceptors (Lipinski definition) is 3. The fourth-order valence-corrected chi connectivity index (χ4v) is 4.65. The third kappa shape index (κ3) is 2.93. The maximum absolute atomic E-state index is 12.6. The lowest BCUT2D eigenvalue weighted by atomic mass is 9.63. The van der Waals surface area contributed by atoms with Crippen LogP contribution in [0.15, 0.2) is 6.20 Å². The molecule has 1 aromatic heterocycles. The number of rotatable bonds is 4. The van der Waals surface area contributed by atoms with Gasteiger partial charge in [0.15, 0.2) is 0 Å². The van der Waals surface area contributed by atoms with Gasteiger partial charge in [0.2, 0.25) is 5.91 Å². The average Bonchev–Trinajstić information content (AvgIpc) is 2.96. The Morgan fingerprint density at radius 2 is 1.92 bits per heavy atom. The molecule has 3 aliphatic rings. The number of fused-ring (bicyclic) bond motifs is 1. The lowest BCUT2D eigenvalue weighted by Gasteiger charge is -2.43. The highest BCUT2D eigenvalue weighted by atomic mass is 16.2. The average molecular weight is 358 g/mol. The largest absolute Gasteiger partial charge is 0.352 e. The van der Waals surface area contributed by atoms with Gasteiger partial charge in [-0.2, -0.15) is 5.10 Å². The van der Waals surface area contributed by atoms with Gasteiger partial charge in [-0.1, -0.05) is 27.7 Å². The minimum Gasteiger partial charge on any atom is -0.352 e. The van der Waals surface area contributed by atoms with E-state index in [0.29, 0.717) is 28.9 Å². The van der Waals surface area contributed by atoms with Crippen LogP contribution >= 0.6 is 0 Å². The van der Waals surface area contributed by atoms with Crippen molar-refractivity contribution in [3.8, 4) is 0 Å². The quantitative estimate of drug-likeness (QED) is 0.866. The maximum atomic E-state index is 12.6. The summed E-state index contributed by atoms with van der Waals surface area (Å²) in [4.78, 5) is 27.0. The summed E-state index contributed by atoms with van der Waals surface area (Å²) in [5.74, 6) is 1.97. The van der Waals surface area contributed by atoms with Crippen LogP contribution in [0.1, 0.15) is 56.6 Å². The number of H-pyrrole nitrogens is 1. The first-order valence-corrected chi connectivity index (χ1v) is 9.91. The molecule has 6 nitrogen and oxygen atoms in total. The Hall–Kier alpha value is -1.85. The molecule has 0 spiro atoms. The van der Waals surface area contributed by atoms with Gasteiger partial charge in [0.05, 0.1) is 6.20 Å². The Morgan fingerprint density at radius 1 is 1.27 bits per heavy atom. The Labute approximate surface area is 155 Å². The lowest BCUT2D eigenvalue weighted by molar-refractivity contribution is -0.131. The van der Waals surface area contributed by atoms with Gasteiger partial charge >= 0.3 is 0 Å². The van der Waals surface area contributed by atoms with Crippen LogP contribution in [0.25, 0.3) is 0 Å². The number of nitrogens with one attached hydrogen (secondary N) is 2. The van der Waals surface area contributed by atoms with Gasteiger partial charge in [-0.3, -0.25) is 14.7 Å². The lowest BCUT2D eigenvalue weighted by Crippen LogP contribution is -2.45. The van der Waals surface area contributed by atoms with Gasteiger partial charge < -0.3 is 10.2 Å². The number of amides is 2. The molecule has 1 aliphatic heterocycles. The zero-order valence-corrected chi connectivity index (χ0v) is 16.2. The van der Waals surface area contributed by atoms with Gasteiger partial charge in [-0.05, 0) is 30.6 Å². The molecule has 1 unspecified atom stereocenters. The van der Waals surface area contributed by atoms with E-state index in [0.717, 1.165) is 37.9 Å². The highest BCUT2D eigenvalue weighted by Crippen LogP contribution is 2.48. The van der Waals surface area contributed by atoms with Crippen LogP contribution in [0.3, 0.4) is 0 Å². The molecule has 2 heterocycles. The first kappa shape index (κ1) is 17.6. The summed E-state index contributed by atoms with van der Waals surface area (Å²) >= 11 is 0. The van der Waals surface area contributed by atoms with Crippen molar-refractivity contribution < 1.29 is 9.59 Å². The monoisotopic (exact) mass is 358 g/mol. The summed E-state index contributed by atoms with van der Waals surface area (Å²) in [5.41, 5.74) is 1.90. The van der Waals surface area contributed by atoms with Crippen LogP contribution in [0.2, 0.25) is 0 Å². The fourth-order valence-electron chi connectivity index (χ4n) is 4.65. The number of aromatic nitrogens is 2. The molecule has 3 atom stereocenters. The number of carbonyl (C=O) groups is 2. The van der Waals surface area contributed by atoms with Crippen molar-refractivity contribution in [3.63, 3.8) is 0 Å². The molecule has 0 bridgehead atoms. The van der Waals surface area contributed by atoms with E-state index in [4.69, 9.17) is 0 Å². The highest BCUT2D eigenvalue weighted by molar-refractivity contribution is 5.94. The number of piperidine rings is 1. The molecular formula is C20H30N4O2. The number of aromatic amines is 1. The second-order valence-corrected chi connectivity index (χ2v) is 9.43. The van der Waals surface area contributed by atoms with Gasteiger partial charge in [0.25, 0.3) is 5.91 Å². The van der Waals surface area contributed by atoms with Crippen molar-refractivity contribution >= 4 is 11.8 Å². The zero-order valence-electron chi connectivity index (χ0n) is 16.2. The van der Waals surface area contributed by atoms with Crippen LogP contribution in [0.5, 0.6) is 0 Å². The number of nitrogens with zero attached hydrogens (tertiary/aromatic N) is 2. The predicted octanol–water partition coefficient (Wildman–Crippen LogP) is 2.23. The van der Waals surface area contributed by atoms with Crippen LogP contribution in [0.4, 0.5) is 0 Å². The summed E-state index contributed by atoms with van der Waals surface area (Å²) in [7, 11) is 0. The molecule has 1 aromatic rings. The van der Waals surface area contributed by atoms with Crippen LogP contribution in [-0.4, -0.2) is 46.0 Å². The van der Waals surface area contributed by atoms with Gasteiger partial charge in [-0.15, -0.1) is 0 Å². The zero-order chi connectivity index (χ0) is 18.6. The number of aryl methyl sites for hydroxylation is 1. The van der Waals surface area contributed by atoms with Crippen LogP contribution in [-0.2, 0) is 11.2 Å². The van der Waals surface area contributed by atoms with Crippen LogP contribution in [0, 0.1) is 29.1 Å². The van der Waals surface area contributed by atoms with E-state index in [1.165, 1.54) is 0 Å². The second-order valence-electron chi connectivity index (χ2n) is 9.43. The second kappa shape index (κ2) is 6.10. The molecule has 2 saturated carbocycles. The van der Waals surface area contributed by atoms with E-state index < -0.39 is 0 Å². The molecule has 26 heavy (non-hydrogen) atoms. The van der Waals surface area contributed by atoms with Gasteiger partial charge in [0.1, 0.15) is 5.69 Å². The topological polar surface area (TPSA) is 78.1 Å². The smallest absolute Gasteiger partial charge is 0.272 e. The SMILES string of the molecule is CCc1cn[nH]c1C(=O)N1C[C@@H]2C(NC(=O)C3CC(C(C)(C)C)C3)[C@@H]2C1. The van der Waals surface area contributed by atoms with Crippen LogP contribution < -0.4 is 5.32 Å². The summed E-state index contributed by atoms with van der Waals surface area (Å²) < 4.78 is 0. The molecule has 2 aliphatic carbocycles. The van der Waals surface area contributed by atoms with E-state index in [1.54, 1.807) is 6.20 Å². The molecule has 2 amide bonds. The summed E-state index contributed by atoms with van der Waals surface area (Å²) in [6, 6.07) is 0.271. The molecular weight excluding hydrogens is 328 g/mol. The van der Waals surface area contributed by atoms with Crippen molar-refractivity contribution in [2.75, 3.05) is 13.1 Å². The molecule has 2 N–H and O–H groups in total. The fraction of sp³-hybridized carbons (Fsp3) is 0.750. The number of hydrogen-bond donors (Lipinski definition) is 2.